The molecule has 0 radical (unpaired) electrons. The minimum atomic E-state index is -0.505. The summed E-state index contributed by atoms with van der Waals surface area (Å²) in [5.74, 6) is -0.275. The van der Waals surface area contributed by atoms with Crippen LogP contribution in [0.15, 0.2) is 18.2 Å². The van der Waals surface area contributed by atoms with Crippen molar-refractivity contribution in [3.8, 4) is 0 Å². The minimum absolute atomic E-state index is 0.0168. The summed E-state index contributed by atoms with van der Waals surface area (Å²) in [7, 11) is 2.09. The van der Waals surface area contributed by atoms with Gasteiger partial charge in [0.25, 0.3) is 5.91 Å². The summed E-state index contributed by atoms with van der Waals surface area (Å²) in [5.41, 5.74) is 0.436. The quantitative estimate of drug-likeness (QED) is 0.793. The number of fused-ring (bicyclic) bond motifs is 1. The summed E-state index contributed by atoms with van der Waals surface area (Å²) in [5, 5.41) is -0.0168. The molecular weight excluding hydrogens is 307 g/mol. The van der Waals surface area contributed by atoms with Gasteiger partial charge >= 0.3 is 0 Å². The molecule has 0 aromatic heterocycles. The Kier molecular flexibility index (Phi) is 4.66. The van der Waals surface area contributed by atoms with E-state index in [1.165, 1.54) is 18.2 Å². The number of hydrogen-bond donors (Lipinski definition) is 0. The van der Waals surface area contributed by atoms with Crippen molar-refractivity contribution in [3.63, 3.8) is 0 Å². The molecule has 0 N–H and O–H groups in total. The molecule has 2 fully saturated rings. The number of amides is 1. The van der Waals surface area contributed by atoms with Gasteiger partial charge in [-0.2, -0.15) is 0 Å². The highest BCUT2D eigenvalue weighted by Gasteiger charge is 2.36. The maximum Gasteiger partial charge on any atom is 0.254 e. The molecule has 2 aliphatic rings. The van der Waals surface area contributed by atoms with Crippen LogP contribution in [0.5, 0.6) is 0 Å². The fourth-order valence-electron chi connectivity index (χ4n) is 3.39. The Morgan fingerprint density at radius 2 is 2.23 bits per heavy atom. The molecule has 2 aliphatic heterocycles. The summed E-state index contributed by atoms with van der Waals surface area (Å²) in [6.45, 7) is 3.69. The molecule has 0 saturated carbocycles. The van der Waals surface area contributed by atoms with E-state index in [0.717, 1.165) is 19.5 Å². The van der Waals surface area contributed by atoms with E-state index in [2.05, 4.69) is 11.9 Å². The van der Waals surface area contributed by atoms with Gasteiger partial charge in [0.1, 0.15) is 5.82 Å². The Balaban J connectivity index is 1.84. The van der Waals surface area contributed by atoms with Crippen molar-refractivity contribution in [2.24, 2.45) is 5.92 Å². The smallest absolute Gasteiger partial charge is 0.254 e. The number of piperidine rings is 1. The summed E-state index contributed by atoms with van der Waals surface area (Å²) < 4.78 is 19.0. The summed E-state index contributed by atoms with van der Waals surface area (Å²) >= 11 is 5.81. The molecule has 0 unspecified atom stereocenters. The maximum absolute atomic E-state index is 13.3. The van der Waals surface area contributed by atoms with Crippen LogP contribution in [-0.2, 0) is 4.74 Å². The van der Waals surface area contributed by atoms with Gasteiger partial charge in [0.2, 0.25) is 0 Å². The average molecular weight is 327 g/mol. The van der Waals surface area contributed by atoms with Gasteiger partial charge in [-0.05, 0) is 38.2 Å². The van der Waals surface area contributed by atoms with Crippen molar-refractivity contribution in [1.29, 1.82) is 0 Å². The van der Waals surface area contributed by atoms with Gasteiger partial charge in [-0.1, -0.05) is 11.6 Å². The van der Waals surface area contributed by atoms with Gasteiger partial charge in [0, 0.05) is 30.6 Å². The van der Waals surface area contributed by atoms with Crippen LogP contribution in [-0.4, -0.2) is 61.6 Å². The Bertz CT molecular complexity index is 569. The van der Waals surface area contributed by atoms with Crippen LogP contribution in [0.3, 0.4) is 0 Å². The molecule has 2 atom stereocenters. The molecule has 1 amide bonds. The normalized spacial score (nSPS) is 26.4. The summed E-state index contributed by atoms with van der Waals surface area (Å²) in [6.07, 6.45) is 0.936. The predicted molar refractivity (Wildman–Crippen MR) is 82.7 cm³/mol. The largest absolute Gasteiger partial charge is 0.379 e. The Morgan fingerprint density at radius 1 is 1.41 bits per heavy atom. The summed E-state index contributed by atoms with van der Waals surface area (Å²) in [4.78, 5) is 17.0. The highest BCUT2D eigenvalue weighted by atomic mass is 35.5. The SMILES string of the molecule is CN1CC[C@@H]2[C@@H](COCCN2C(=O)c2ccc(F)c(Cl)c2)C1. The first-order valence-electron chi connectivity index (χ1n) is 7.58. The number of rotatable bonds is 1. The number of carbonyl (C=O) groups excluding carboxylic acids is 1. The first kappa shape index (κ1) is 15.7. The Morgan fingerprint density at radius 3 is 3.00 bits per heavy atom. The third kappa shape index (κ3) is 3.12. The Labute approximate surface area is 134 Å². The van der Waals surface area contributed by atoms with Gasteiger partial charge in [-0.15, -0.1) is 0 Å². The van der Waals surface area contributed by atoms with Crippen LogP contribution < -0.4 is 0 Å². The van der Waals surface area contributed by atoms with E-state index in [-0.39, 0.29) is 17.0 Å². The zero-order valence-electron chi connectivity index (χ0n) is 12.6. The number of halogens is 2. The van der Waals surface area contributed by atoms with Crippen LogP contribution in [0.1, 0.15) is 16.8 Å². The molecule has 1 aromatic rings. The van der Waals surface area contributed by atoms with Crippen molar-refractivity contribution in [3.05, 3.63) is 34.6 Å². The van der Waals surface area contributed by atoms with Gasteiger partial charge in [-0.3, -0.25) is 4.79 Å². The number of carbonyl (C=O) groups is 1. The van der Waals surface area contributed by atoms with Gasteiger partial charge < -0.3 is 14.5 Å². The molecule has 0 bridgehead atoms. The van der Waals surface area contributed by atoms with Gasteiger partial charge in [0.05, 0.1) is 18.2 Å². The molecular formula is C16H20ClFN2O2. The molecule has 0 aliphatic carbocycles. The van der Waals surface area contributed by atoms with Crippen LogP contribution in [0.25, 0.3) is 0 Å². The first-order valence-corrected chi connectivity index (χ1v) is 7.96. The molecule has 3 rings (SSSR count). The molecule has 6 heteroatoms. The number of hydrogen-bond acceptors (Lipinski definition) is 3. The van der Waals surface area contributed by atoms with Crippen LogP contribution >= 0.6 is 11.6 Å². The predicted octanol–water partition coefficient (Wildman–Crippen LogP) is 2.27. The van der Waals surface area contributed by atoms with E-state index < -0.39 is 5.82 Å². The number of benzene rings is 1. The second kappa shape index (κ2) is 6.52. The molecule has 0 spiro atoms. The van der Waals surface area contributed by atoms with Gasteiger partial charge in [-0.25, -0.2) is 4.39 Å². The molecule has 2 heterocycles. The van der Waals surface area contributed by atoms with E-state index in [1.54, 1.807) is 0 Å². The molecule has 2 saturated heterocycles. The lowest BCUT2D eigenvalue weighted by molar-refractivity contribution is 0.0458. The number of likely N-dealkylation sites (tertiary alicyclic amines) is 1. The minimum Gasteiger partial charge on any atom is -0.379 e. The maximum atomic E-state index is 13.3. The second-order valence-corrected chi connectivity index (χ2v) is 6.49. The van der Waals surface area contributed by atoms with Crippen LogP contribution in [0, 0.1) is 11.7 Å². The van der Waals surface area contributed by atoms with Crippen molar-refractivity contribution in [2.45, 2.75) is 12.5 Å². The average Bonchev–Trinajstić information content (AvgIpc) is 2.71. The zero-order chi connectivity index (χ0) is 15.7. The number of nitrogens with zero attached hydrogens (tertiary/aromatic N) is 2. The van der Waals surface area contributed by atoms with E-state index in [1.807, 2.05) is 4.90 Å². The third-order valence-corrected chi connectivity index (χ3v) is 4.82. The summed E-state index contributed by atoms with van der Waals surface area (Å²) in [6, 6.07) is 4.33. The van der Waals surface area contributed by atoms with Crippen molar-refractivity contribution < 1.29 is 13.9 Å². The fourth-order valence-corrected chi connectivity index (χ4v) is 3.57. The highest BCUT2D eigenvalue weighted by molar-refractivity contribution is 6.31. The van der Waals surface area contributed by atoms with E-state index in [4.69, 9.17) is 16.3 Å². The molecule has 120 valence electrons. The van der Waals surface area contributed by atoms with Crippen molar-refractivity contribution in [2.75, 3.05) is 39.9 Å². The standard InChI is InChI=1S/C16H20ClFN2O2/c1-19-5-4-15-12(9-19)10-22-7-6-20(15)16(21)11-2-3-14(18)13(17)8-11/h2-3,8,12,15H,4-7,9-10H2,1H3/t12-,15-/m1/s1. The number of ether oxygens (including phenoxy) is 1. The lowest BCUT2D eigenvalue weighted by atomic mass is 9.91. The van der Waals surface area contributed by atoms with Crippen molar-refractivity contribution >= 4 is 17.5 Å². The monoisotopic (exact) mass is 326 g/mol. The van der Waals surface area contributed by atoms with Crippen LogP contribution in [0.2, 0.25) is 5.02 Å². The van der Waals surface area contributed by atoms with E-state index >= 15 is 0 Å². The fraction of sp³-hybridized carbons (Fsp3) is 0.562. The molecule has 1 aromatic carbocycles. The first-order chi connectivity index (χ1) is 10.6. The van der Waals surface area contributed by atoms with Crippen LogP contribution in [0.4, 0.5) is 4.39 Å². The lowest BCUT2D eigenvalue weighted by Crippen LogP contribution is -2.52. The molecule has 4 nitrogen and oxygen atoms in total. The second-order valence-electron chi connectivity index (χ2n) is 6.08. The Hall–Kier alpha value is -1.17. The topological polar surface area (TPSA) is 32.8 Å². The third-order valence-electron chi connectivity index (χ3n) is 4.53. The van der Waals surface area contributed by atoms with Crippen molar-refractivity contribution in [1.82, 2.24) is 9.80 Å². The van der Waals surface area contributed by atoms with E-state index in [0.29, 0.717) is 31.2 Å². The highest BCUT2D eigenvalue weighted by Crippen LogP contribution is 2.26. The van der Waals surface area contributed by atoms with Gasteiger partial charge in [0.15, 0.2) is 0 Å². The zero-order valence-corrected chi connectivity index (χ0v) is 13.4. The van der Waals surface area contributed by atoms with E-state index in [9.17, 15) is 9.18 Å². The molecule has 22 heavy (non-hydrogen) atoms. The lowest BCUT2D eigenvalue weighted by Gasteiger charge is -2.40.